The molecule has 2 heteroatoms. The highest BCUT2D eigenvalue weighted by molar-refractivity contribution is 5.20. The van der Waals surface area contributed by atoms with Gasteiger partial charge < -0.3 is 5.32 Å². The van der Waals surface area contributed by atoms with E-state index in [4.69, 9.17) is 0 Å². The lowest BCUT2D eigenvalue weighted by Gasteiger charge is -2.40. The summed E-state index contributed by atoms with van der Waals surface area (Å²) in [6.07, 6.45) is 5.62. The van der Waals surface area contributed by atoms with E-state index in [0.717, 1.165) is 26.1 Å². The van der Waals surface area contributed by atoms with Gasteiger partial charge >= 0.3 is 0 Å². The van der Waals surface area contributed by atoms with Crippen LogP contribution >= 0.6 is 0 Å². The van der Waals surface area contributed by atoms with Gasteiger partial charge in [-0.15, -0.1) is 6.58 Å². The van der Waals surface area contributed by atoms with Crippen LogP contribution in [0.15, 0.2) is 43.0 Å². The molecule has 0 amide bonds. The highest BCUT2D eigenvalue weighted by atomic mass is 15.2. The Bertz CT molecular complexity index is 374. The zero-order valence-electron chi connectivity index (χ0n) is 12.0. The zero-order valence-corrected chi connectivity index (χ0v) is 12.0. The number of benzene rings is 1. The lowest BCUT2D eigenvalue weighted by Crippen LogP contribution is -2.52. The van der Waals surface area contributed by atoms with Gasteiger partial charge in [0.15, 0.2) is 0 Å². The molecule has 1 aromatic rings. The van der Waals surface area contributed by atoms with Crippen molar-refractivity contribution in [1.29, 1.82) is 0 Å². The summed E-state index contributed by atoms with van der Waals surface area (Å²) >= 11 is 0. The Morgan fingerprint density at radius 1 is 1.37 bits per heavy atom. The van der Waals surface area contributed by atoms with Gasteiger partial charge in [-0.25, -0.2) is 0 Å². The van der Waals surface area contributed by atoms with Crippen molar-refractivity contribution in [2.45, 2.75) is 38.3 Å². The summed E-state index contributed by atoms with van der Waals surface area (Å²) in [5, 5.41) is 3.71. The van der Waals surface area contributed by atoms with Gasteiger partial charge in [-0.05, 0) is 18.4 Å². The molecule has 2 nitrogen and oxygen atoms in total. The molecule has 1 fully saturated rings. The monoisotopic (exact) mass is 258 g/mol. The zero-order chi connectivity index (χ0) is 13.5. The first kappa shape index (κ1) is 14.3. The second-order valence-electron chi connectivity index (χ2n) is 5.39. The normalized spacial score (nSPS) is 24.3. The molecule has 2 unspecified atom stereocenters. The van der Waals surface area contributed by atoms with Crippen LogP contribution in [0.3, 0.4) is 0 Å². The van der Waals surface area contributed by atoms with Gasteiger partial charge in [0.1, 0.15) is 0 Å². The summed E-state index contributed by atoms with van der Waals surface area (Å²) in [4.78, 5) is 2.62. The molecule has 19 heavy (non-hydrogen) atoms. The number of nitrogens with zero attached hydrogens (tertiary/aromatic N) is 1. The van der Waals surface area contributed by atoms with Crippen molar-refractivity contribution < 1.29 is 0 Å². The minimum Gasteiger partial charge on any atom is -0.311 e. The summed E-state index contributed by atoms with van der Waals surface area (Å²) < 4.78 is 0. The molecule has 104 valence electrons. The standard InChI is InChI=1S/C17H26N2/c1-3-5-12-19-14-16(9-4-2)18-13-17(19)15-10-7-6-8-11-15/h3,6-8,10-11,16-18H,1,4-5,9,12-14H2,2H3. The largest absolute Gasteiger partial charge is 0.311 e. The average Bonchev–Trinajstić information content (AvgIpc) is 2.46. The van der Waals surface area contributed by atoms with Crippen LogP contribution in [0.5, 0.6) is 0 Å². The molecule has 0 spiro atoms. The Hall–Kier alpha value is -1.12. The van der Waals surface area contributed by atoms with Crippen molar-refractivity contribution in [2.24, 2.45) is 0 Å². The van der Waals surface area contributed by atoms with Gasteiger partial charge in [-0.1, -0.05) is 49.8 Å². The van der Waals surface area contributed by atoms with Gasteiger partial charge in [0.25, 0.3) is 0 Å². The van der Waals surface area contributed by atoms with Crippen LogP contribution < -0.4 is 5.32 Å². The van der Waals surface area contributed by atoms with Crippen LogP contribution in [0.1, 0.15) is 37.8 Å². The first-order chi connectivity index (χ1) is 9.35. The van der Waals surface area contributed by atoms with Crippen molar-refractivity contribution >= 4 is 0 Å². The molecule has 0 saturated carbocycles. The molecule has 1 N–H and O–H groups in total. The number of piperazine rings is 1. The maximum atomic E-state index is 3.86. The first-order valence-electron chi connectivity index (χ1n) is 7.48. The molecule has 1 aromatic carbocycles. The minimum atomic E-state index is 0.509. The molecule has 1 aliphatic rings. The second-order valence-corrected chi connectivity index (χ2v) is 5.39. The molecular formula is C17H26N2. The molecule has 2 atom stereocenters. The fourth-order valence-corrected chi connectivity index (χ4v) is 2.93. The van der Waals surface area contributed by atoms with E-state index in [1.54, 1.807) is 0 Å². The third kappa shape index (κ3) is 3.92. The molecule has 0 aliphatic carbocycles. The molecule has 2 rings (SSSR count). The van der Waals surface area contributed by atoms with Crippen molar-refractivity contribution in [3.05, 3.63) is 48.6 Å². The molecule has 1 saturated heterocycles. The fourth-order valence-electron chi connectivity index (χ4n) is 2.93. The van der Waals surface area contributed by atoms with E-state index in [1.165, 1.54) is 18.4 Å². The van der Waals surface area contributed by atoms with Crippen LogP contribution in [-0.4, -0.2) is 30.6 Å². The average molecular weight is 258 g/mol. The third-order valence-corrected chi connectivity index (χ3v) is 3.94. The van der Waals surface area contributed by atoms with Crippen molar-refractivity contribution in [2.75, 3.05) is 19.6 Å². The van der Waals surface area contributed by atoms with Crippen LogP contribution in [0.4, 0.5) is 0 Å². The maximum absolute atomic E-state index is 3.86. The van der Waals surface area contributed by atoms with Gasteiger partial charge in [0, 0.05) is 31.7 Å². The van der Waals surface area contributed by atoms with Crippen LogP contribution in [0, 0.1) is 0 Å². The van der Waals surface area contributed by atoms with E-state index in [9.17, 15) is 0 Å². The van der Waals surface area contributed by atoms with Gasteiger partial charge in [0.2, 0.25) is 0 Å². The maximum Gasteiger partial charge on any atom is 0.0473 e. The SMILES string of the molecule is C=CCCN1CC(CCC)NCC1c1ccccc1. The Morgan fingerprint density at radius 2 is 2.16 bits per heavy atom. The summed E-state index contributed by atoms with van der Waals surface area (Å²) in [6, 6.07) is 12.0. The Kier molecular flexibility index (Phi) is 5.62. The molecule has 1 aliphatic heterocycles. The number of rotatable bonds is 6. The van der Waals surface area contributed by atoms with Gasteiger partial charge in [0.05, 0.1) is 0 Å². The van der Waals surface area contributed by atoms with Crippen LogP contribution in [0.2, 0.25) is 0 Å². The number of nitrogens with one attached hydrogen (secondary N) is 1. The predicted molar refractivity (Wildman–Crippen MR) is 82.3 cm³/mol. The first-order valence-corrected chi connectivity index (χ1v) is 7.48. The van der Waals surface area contributed by atoms with E-state index >= 15 is 0 Å². The molecule has 0 radical (unpaired) electrons. The smallest absolute Gasteiger partial charge is 0.0473 e. The predicted octanol–water partition coefficient (Wildman–Crippen LogP) is 3.38. The summed E-state index contributed by atoms with van der Waals surface area (Å²) in [7, 11) is 0. The van der Waals surface area contributed by atoms with E-state index in [0.29, 0.717) is 12.1 Å². The van der Waals surface area contributed by atoms with E-state index in [-0.39, 0.29) is 0 Å². The molecule has 0 bridgehead atoms. The van der Waals surface area contributed by atoms with E-state index in [1.807, 2.05) is 6.08 Å². The van der Waals surface area contributed by atoms with E-state index < -0.39 is 0 Å². The lowest BCUT2D eigenvalue weighted by molar-refractivity contribution is 0.129. The molecule has 0 aromatic heterocycles. The highest BCUT2D eigenvalue weighted by Gasteiger charge is 2.27. The van der Waals surface area contributed by atoms with Crippen molar-refractivity contribution in [3.63, 3.8) is 0 Å². The summed E-state index contributed by atoms with van der Waals surface area (Å²) in [5.74, 6) is 0. The quantitative estimate of drug-likeness (QED) is 0.787. The Labute approximate surface area is 117 Å². The minimum absolute atomic E-state index is 0.509. The Morgan fingerprint density at radius 3 is 2.84 bits per heavy atom. The van der Waals surface area contributed by atoms with Crippen molar-refractivity contribution in [3.8, 4) is 0 Å². The van der Waals surface area contributed by atoms with Gasteiger partial charge in [-0.2, -0.15) is 0 Å². The van der Waals surface area contributed by atoms with E-state index in [2.05, 4.69) is 54.1 Å². The Balaban J connectivity index is 2.06. The summed E-state index contributed by atoms with van der Waals surface area (Å²) in [5.41, 5.74) is 1.43. The van der Waals surface area contributed by atoms with Gasteiger partial charge in [-0.3, -0.25) is 4.90 Å². The lowest BCUT2D eigenvalue weighted by atomic mass is 9.99. The number of hydrogen-bond acceptors (Lipinski definition) is 2. The number of hydrogen-bond donors (Lipinski definition) is 1. The second kappa shape index (κ2) is 7.46. The summed E-state index contributed by atoms with van der Waals surface area (Å²) in [6.45, 7) is 9.45. The van der Waals surface area contributed by atoms with Crippen molar-refractivity contribution in [1.82, 2.24) is 10.2 Å². The van der Waals surface area contributed by atoms with Crippen LogP contribution in [0.25, 0.3) is 0 Å². The topological polar surface area (TPSA) is 15.3 Å². The highest BCUT2D eigenvalue weighted by Crippen LogP contribution is 2.24. The van der Waals surface area contributed by atoms with Crippen LogP contribution in [-0.2, 0) is 0 Å². The molecular weight excluding hydrogens is 232 g/mol. The molecule has 1 heterocycles. The third-order valence-electron chi connectivity index (χ3n) is 3.94. The fraction of sp³-hybridized carbons (Fsp3) is 0.529.